The van der Waals surface area contributed by atoms with Crippen LogP contribution in [-0.2, 0) is 11.3 Å². The van der Waals surface area contributed by atoms with Crippen molar-refractivity contribution in [3.63, 3.8) is 0 Å². The van der Waals surface area contributed by atoms with Crippen molar-refractivity contribution in [2.24, 2.45) is 11.8 Å². The fourth-order valence-electron chi connectivity index (χ4n) is 1.91. The molecule has 1 fully saturated rings. The smallest absolute Gasteiger partial charge is 0.234 e. The second kappa shape index (κ2) is 5.82. The molecule has 1 amide bonds. The Morgan fingerprint density at radius 3 is 2.71 bits per heavy atom. The van der Waals surface area contributed by atoms with Crippen LogP contribution in [0.2, 0.25) is 0 Å². The molecule has 2 atom stereocenters. The van der Waals surface area contributed by atoms with Crippen molar-refractivity contribution in [2.75, 3.05) is 13.1 Å². The average molecular weight is 232 g/mol. The fraction of sp³-hybridized carbons (Fsp3) is 0.500. The van der Waals surface area contributed by atoms with Gasteiger partial charge in [-0.05, 0) is 30.4 Å². The van der Waals surface area contributed by atoms with E-state index < -0.39 is 0 Å². The van der Waals surface area contributed by atoms with E-state index in [1.54, 1.807) is 0 Å². The highest BCUT2D eigenvalue weighted by atomic mass is 16.1. The van der Waals surface area contributed by atoms with E-state index in [1.807, 2.05) is 30.3 Å². The van der Waals surface area contributed by atoms with Gasteiger partial charge in [0, 0.05) is 6.54 Å². The lowest BCUT2D eigenvalue weighted by Gasteiger charge is -2.06. The van der Waals surface area contributed by atoms with Gasteiger partial charge in [0.05, 0.1) is 6.54 Å². The van der Waals surface area contributed by atoms with E-state index in [0.717, 1.165) is 23.9 Å². The summed E-state index contributed by atoms with van der Waals surface area (Å²) in [5, 5.41) is 6.10. The molecule has 1 aromatic carbocycles. The number of carbonyl (C=O) groups is 1. The van der Waals surface area contributed by atoms with Crippen LogP contribution in [0.5, 0.6) is 0 Å². The number of amides is 1. The van der Waals surface area contributed by atoms with Crippen LogP contribution < -0.4 is 10.6 Å². The first kappa shape index (κ1) is 12.1. The van der Waals surface area contributed by atoms with Crippen molar-refractivity contribution in [3.8, 4) is 0 Å². The first-order valence-corrected chi connectivity index (χ1v) is 6.27. The predicted molar refractivity (Wildman–Crippen MR) is 68.4 cm³/mol. The minimum absolute atomic E-state index is 0.0714. The maximum absolute atomic E-state index is 11.5. The molecule has 0 bridgehead atoms. The third kappa shape index (κ3) is 4.19. The Morgan fingerprint density at radius 2 is 2.06 bits per heavy atom. The molecule has 3 heteroatoms. The molecular weight excluding hydrogens is 212 g/mol. The summed E-state index contributed by atoms with van der Waals surface area (Å²) < 4.78 is 0. The van der Waals surface area contributed by atoms with E-state index in [-0.39, 0.29) is 5.91 Å². The van der Waals surface area contributed by atoms with Crippen molar-refractivity contribution in [1.82, 2.24) is 10.6 Å². The molecule has 1 aliphatic rings. The van der Waals surface area contributed by atoms with Crippen LogP contribution in [0.15, 0.2) is 30.3 Å². The summed E-state index contributed by atoms with van der Waals surface area (Å²) in [6.45, 7) is 4.26. The highest BCUT2D eigenvalue weighted by molar-refractivity contribution is 5.77. The Bertz CT molecular complexity index is 364. The highest BCUT2D eigenvalue weighted by Crippen LogP contribution is 2.36. The van der Waals surface area contributed by atoms with Crippen LogP contribution in [0.25, 0.3) is 0 Å². The molecule has 1 aromatic rings. The zero-order valence-corrected chi connectivity index (χ0v) is 10.3. The lowest BCUT2D eigenvalue weighted by Crippen LogP contribution is -2.34. The zero-order chi connectivity index (χ0) is 12.1. The summed E-state index contributed by atoms with van der Waals surface area (Å²) in [4.78, 5) is 11.5. The van der Waals surface area contributed by atoms with Crippen LogP contribution in [0.4, 0.5) is 0 Å². The molecule has 92 valence electrons. The van der Waals surface area contributed by atoms with Crippen LogP contribution in [0, 0.1) is 11.8 Å². The minimum atomic E-state index is 0.0714. The Kier molecular flexibility index (Phi) is 4.15. The monoisotopic (exact) mass is 232 g/mol. The molecule has 0 aromatic heterocycles. The van der Waals surface area contributed by atoms with Gasteiger partial charge >= 0.3 is 0 Å². The molecule has 0 aliphatic heterocycles. The lowest BCUT2D eigenvalue weighted by atomic mass is 10.2. The lowest BCUT2D eigenvalue weighted by molar-refractivity contribution is -0.120. The van der Waals surface area contributed by atoms with E-state index in [1.165, 1.54) is 6.42 Å². The maximum atomic E-state index is 11.5. The van der Waals surface area contributed by atoms with Gasteiger partial charge in [-0.3, -0.25) is 4.79 Å². The van der Waals surface area contributed by atoms with Crippen molar-refractivity contribution >= 4 is 5.91 Å². The maximum Gasteiger partial charge on any atom is 0.234 e. The number of nitrogens with one attached hydrogen (secondary N) is 2. The van der Waals surface area contributed by atoms with Gasteiger partial charge in [-0.2, -0.15) is 0 Å². The van der Waals surface area contributed by atoms with Gasteiger partial charge in [-0.1, -0.05) is 37.3 Å². The SMILES string of the molecule is CC1CC1CNCC(=O)NCc1ccccc1. The summed E-state index contributed by atoms with van der Waals surface area (Å²) in [5.41, 5.74) is 1.14. The standard InChI is InChI=1S/C14H20N2O/c1-11-7-13(11)9-15-10-14(17)16-8-12-5-3-2-4-6-12/h2-6,11,13,15H,7-10H2,1H3,(H,16,17). The second-order valence-electron chi connectivity index (χ2n) is 4.87. The van der Waals surface area contributed by atoms with Crippen molar-refractivity contribution in [3.05, 3.63) is 35.9 Å². The van der Waals surface area contributed by atoms with Crippen molar-refractivity contribution in [2.45, 2.75) is 19.9 Å². The fourth-order valence-corrected chi connectivity index (χ4v) is 1.91. The van der Waals surface area contributed by atoms with E-state index in [2.05, 4.69) is 17.6 Å². The van der Waals surface area contributed by atoms with Gasteiger partial charge in [0.2, 0.25) is 5.91 Å². The third-order valence-corrected chi connectivity index (χ3v) is 3.30. The molecule has 2 unspecified atom stereocenters. The number of rotatable bonds is 6. The van der Waals surface area contributed by atoms with Crippen LogP contribution in [0.1, 0.15) is 18.9 Å². The molecule has 2 N–H and O–H groups in total. The summed E-state index contributed by atoms with van der Waals surface area (Å²) in [6.07, 6.45) is 1.30. The van der Waals surface area contributed by atoms with Gasteiger partial charge in [0.15, 0.2) is 0 Å². The van der Waals surface area contributed by atoms with Gasteiger partial charge < -0.3 is 10.6 Å². The molecule has 0 spiro atoms. The number of benzene rings is 1. The molecule has 1 aliphatic carbocycles. The van der Waals surface area contributed by atoms with E-state index >= 15 is 0 Å². The average Bonchev–Trinajstić information content (AvgIpc) is 3.04. The van der Waals surface area contributed by atoms with Gasteiger partial charge in [-0.25, -0.2) is 0 Å². The minimum Gasteiger partial charge on any atom is -0.351 e. The molecular formula is C14H20N2O. The predicted octanol–water partition coefficient (Wildman–Crippen LogP) is 1.55. The van der Waals surface area contributed by atoms with Gasteiger partial charge in [0.25, 0.3) is 0 Å². The summed E-state index contributed by atoms with van der Waals surface area (Å²) >= 11 is 0. The van der Waals surface area contributed by atoms with Crippen molar-refractivity contribution in [1.29, 1.82) is 0 Å². The van der Waals surface area contributed by atoms with Crippen molar-refractivity contribution < 1.29 is 4.79 Å². The third-order valence-electron chi connectivity index (χ3n) is 3.30. The molecule has 17 heavy (non-hydrogen) atoms. The van der Waals surface area contributed by atoms with E-state index in [9.17, 15) is 4.79 Å². The van der Waals surface area contributed by atoms with Crippen LogP contribution in [-0.4, -0.2) is 19.0 Å². The number of hydrogen-bond acceptors (Lipinski definition) is 2. The number of carbonyl (C=O) groups excluding carboxylic acids is 1. The van der Waals surface area contributed by atoms with E-state index in [0.29, 0.717) is 13.1 Å². The van der Waals surface area contributed by atoms with Crippen LogP contribution in [0.3, 0.4) is 0 Å². The quantitative estimate of drug-likeness (QED) is 0.781. The second-order valence-corrected chi connectivity index (χ2v) is 4.87. The largest absolute Gasteiger partial charge is 0.351 e. The van der Waals surface area contributed by atoms with E-state index in [4.69, 9.17) is 0 Å². The first-order valence-electron chi connectivity index (χ1n) is 6.27. The first-order chi connectivity index (χ1) is 8.25. The van der Waals surface area contributed by atoms with Gasteiger partial charge in [-0.15, -0.1) is 0 Å². The molecule has 1 saturated carbocycles. The summed E-state index contributed by atoms with van der Waals surface area (Å²) in [7, 11) is 0. The molecule has 2 rings (SSSR count). The summed E-state index contributed by atoms with van der Waals surface area (Å²) in [6, 6.07) is 9.96. The highest BCUT2D eigenvalue weighted by Gasteiger charge is 2.31. The normalized spacial score (nSPS) is 22.2. The Labute approximate surface area is 103 Å². The molecule has 3 nitrogen and oxygen atoms in total. The number of hydrogen-bond donors (Lipinski definition) is 2. The molecule has 0 radical (unpaired) electrons. The Morgan fingerprint density at radius 1 is 1.35 bits per heavy atom. The Hall–Kier alpha value is -1.35. The van der Waals surface area contributed by atoms with Crippen LogP contribution >= 0.6 is 0 Å². The topological polar surface area (TPSA) is 41.1 Å². The molecule has 0 heterocycles. The zero-order valence-electron chi connectivity index (χ0n) is 10.3. The summed E-state index contributed by atoms with van der Waals surface area (Å²) in [5.74, 6) is 1.70. The Balaban J connectivity index is 1.58. The van der Waals surface area contributed by atoms with Gasteiger partial charge in [0.1, 0.15) is 0 Å². The molecule has 0 saturated heterocycles.